The van der Waals surface area contributed by atoms with Gasteiger partial charge in [0.05, 0.1) is 10.2 Å². The Balaban J connectivity index is 1.53. The van der Waals surface area contributed by atoms with Gasteiger partial charge in [0, 0.05) is 23.5 Å². The predicted molar refractivity (Wildman–Crippen MR) is 110 cm³/mol. The summed E-state index contributed by atoms with van der Waals surface area (Å²) in [7, 11) is 0. The minimum atomic E-state index is -0.200. The van der Waals surface area contributed by atoms with Gasteiger partial charge in [0.15, 0.2) is 5.69 Å². The Morgan fingerprint density at radius 2 is 1.89 bits per heavy atom. The number of fused-ring (bicyclic) bond motifs is 1. The SMILES string of the molecule is CCn1nc(C(=O)Nc2ccc(-c3nc4ccc(C)cc4s3)cc2)cc1C. The third kappa shape index (κ3) is 3.48. The van der Waals surface area contributed by atoms with Crippen molar-refractivity contribution in [2.45, 2.75) is 27.3 Å². The van der Waals surface area contributed by atoms with Gasteiger partial charge in [-0.3, -0.25) is 9.48 Å². The lowest BCUT2D eigenvalue weighted by Gasteiger charge is -2.04. The minimum absolute atomic E-state index is 0.200. The van der Waals surface area contributed by atoms with Crippen LogP contribution >= 0.6 is 11.3 Å². The summed E-state index contributed by atoms with van der Waals surface area (Å²) in [6.07, 6.45) is 0. The van der Waals surface area contributed by atoms with Crippen LogP contribution in [0.4, 0.5) is 5.69 Å². The van der Waals surface area contributed by atoms with E-state index in [-0.39, 0.29) is 5.91 Å². The number of hydrogen-bond acceptors (Lipinski definition) is 4. The summed E-state index contributed by atoms with van der Waals surface area (Å²) in [6.45, 7) is 6.78. The number of anilines is 1. The fourth-order valence-corrected chi connectivity index (χ4v) is 4.06. The van der Waals surface area contributed by atoms with Crippen LogP contribution in [0.5, 0.6) is 0 Å². The number of nitrogens with zero attached hydrogens (tertiary/aromatic N) is 3. The maximum atomic E-state index is 12.4. The van der Waals surface area contributed by atoms with E-state index in [4.69, 9.17) is 4.98 Å². The first-order valence-electron chi connectivity index (χ1n) is 8.87. The molecule has 2 aromatic carbocycles. The molecule has 0 spiro atoms. The van der Waals surface area contributed by atoms with Crippen molar-refractivity contribution >= 4 is 33.1 Å². The Labute approximate surface area is 161 Å². The highest BCUT2D eigenvalue weighted by atomic mass is 32.1. The summed E-state index contributed by atoms with van der Waals surface area (Å²) in [5.41, 5.74) is 5.43. The highest BCUT2D eigenvalue weighted by molar-refractivity contribution is 7.21. The second-order valence-corrected chi connectivity index (χ2v) is 7.54. The smallest absolute Gasteiger partial charge is 0.276 e. The number of hydrogen-bond donors (Lipinski definition) is 1. The zero-order chi connectivity index (χ0) is 19.0. The fourth-order valence-electron chi connectivity index (χ4n) is 2.99. The van der Waals surface area contributed by atoms with Crippen molar-refractivity contribution in [1.82, 2.24) is 14.8 Å². The molecule has 0 aliphatic carbocycles. The number of nitrogens with one attached hydrogen (secondary N) is 1. The molecule has 2 aromatic heterocycles. The molecule has 0 atom stereocenters. The van der Waals surface area contributed by atoms with Gasteiger partial charge in [0.25, 0.3) is 5.91 Å². The molecule has 0 radical (unpaired) electrons. The Hall–Kier alpha value is -2.99. The Kier molecular flexibility index (Phi) is 4.49. The molecule has 5 nitrogen and oxygen atoms in total. The van der Waals surface area contributed by atoms with Crippen molar-refractivity contribution < 1.29 is 4.79 Å². The van der Waals surface area contributed by atoms with Crippen molar-refractivity contribution in [1.29, 1.82) is 0 Å². The first-order valence-corrected chi connectivity index (χ1v) is 9.68. The number of amides is 1. The molecule has 0 aliphatic rings. The van der Waals surface area contributed by atoms with E-state index in [2.05, 4.69) is 35.5 Å². The van der Waals surface area contributed by atoms with Gasteiger partial charge in [-0.2, -0.15) is 5.10 Å². The van der Waals surface area contributed by atoms with Crippen LogP contribution in [0.1, 0.15) is 28.7 Å². The molecule has 0 aliphatic heterocycles. The fraction of sp³-hybridized carbons (Fsp3) is 0.190. The average molecular weight is 376 g/mol. The molecule has 0 fully saturated rings. The Bertz CT molecular complexity index is 1130. The van der Waals surface area contributed by atoms with E-state index in [1.807, 2.05) is 42.8 Å². The summed E-state index contributed by atoms with van der Waals surface area (Å²) in [5.74, 6) is -0.200. The second kappa shape index (κ2) is 6.96. The largest absolute Gasteiger partial charge is 0.321 e. The van der Waals surface area contributed by atoms with Gasteiger partial charge in [-0.1, -0.05) is 6.07 Å². The number of carbonyl (C=O) groups excluding carboxylic acids is 1. The maximum Gasteiger partial charge on any atom is 0.276 e. The standard InChI is InChI=1S/C21H20N4OS/c1-4-25-14(3)12-18(24-25)20(26)22-16-8-6-15(7-9-16)21-23-17-10-5-13(2)11-19(17)27-21/h5-12H,4H2,1-3H3,(H,22,26). The van der Waals surface area contributed by atoms with E-state index in [9.17, 15) is 4.79 Å². The molecule has 2 heterocycles. The minimum Gasteiger partial charge on any atom is -0.321 e. The lowest BCUT2D eigenvalue weighted by molar-refractivity contribution is 0.102. The maximum absolute atomic E-state index is 12.4. The van der Waals surface area contributed by atoms with Crippen LogP contribution in [0.15, 0.2) is 48.5 Å². The summed E-state index contributed by atoms with van der Waals surface area (Å²) in [6, 6.07) is 15.8. The molecule has 4 aromatic rings. The number of carbonyl (C=O) groups is 1. The second-order valence-electron chi connectivity index (χ2n) is 6.51. The van der Waals surface area contributed by atoms with Crippen molar-refractivity contribution in [3.63, 3.8) is 0 Å². The first-order chi connectivity index (χ1) is 13.0. The van der Waals surface area contributed by atoms with E-state index in [0.29, 0.717) is 5.69 Å². The topological polar surface area (TPSA) is 59.8 Å². The lowest BCUT2D eigenvalue weighted by Crippen LogP contribution is -2.13. The predicted octanol–water partition coefficient (Wildman–Crippen LogP) is 5.05. The van der Waals surface area contributed by atoms with Crippen LogP contribution in [0.2, 0.25) is 0 Å². The first kappa shape index (κ1) is 17.4. The molecular formula is C21H20N4OS. The zero-order valence-corrected chi connectivity index (χ0v) is 16.3. The quantitative estimate of drug-likeness (QED) is 0.542. The number of benzene rings is 2. The normalized spacial score (nSPS) is 11.1. The Morgan fingerprint density at radius 3 is 2.59 bits per heavy atom. The molecule has 4 rings (SSSR count). The molecule has 27 heavy (non-hydrogen) atoms. The lowest BCUT2D eigenvalue weighted by atomic mass is 10.2. The van der Waals surface area contributed by atoms with Crippen LogP contribution in [0.25, 0.3) is 20.8 Å². The van der Waals surface area contributed by atoms with Crippen molar-refractivity contribution in [3.05, 3.63) is 65.5 Å². The van der Waals surface area contributed by atoms with Gasteiger partial charge in [-0.25, -0.2) is 4.98 Å². The van der Waals surface area contributed by atoms with Gasteiger partial charge in [-0.15, -0.1) is 11.3 Å². The summed E-state index contributed by atoms with van der Waals surface area (Å²) >= 11 is 1.68. The third-order valence-electron chi connectivity index (χ3n) is 4.45. The van der Waals surface area contributed by atoms with Gasteiger partial charge in [-0.05, 0) is 68.8 Å². The van der Waals surface area contributed by atoms with Gasteiger partial charge in [0.2, 0.25) is 0 Å². The number of rotatable bonds is 4. The molecule has 136 valence electrons. The summed E-state index contributed by atoms with van der Waals surface area (Å²) in [4.78, 5) is 17.1. The van der Waals surface area contributed by atoms with Gasteiger partial charge >= 0.3 is 0 Å². The molecular weight excluding hydrogens is 356 g/mol. The third-order valence-corrected chi connectivity index (χ3v) is 5.51. The molecule has 0 bridgehead atoms. The highest BCUT2D eigenvalue weighted by Gasteiger charge is 2.12. The molecule has 1 amide bonds. The average Bonchev–Trinajstić information content (AvgIpc) is 3.25. The van der Waals surface area contributed by atoms with E-state index < -0.39 is 0 Å². The van der Waals surface area contributed by atoms with Crippen LogP contribution < -0.4 is 5.32 Å². The van der Waals surface area contributed by atoms with Crippen LogP contribution in [-0.2, 0) is 6.54 Å². The summed E-state index contributed by atoms with van der Waals surface area (Å²) < 4.78 is 3.00. The van der Waals surface area contributed by atoms with Crippen LogP contribution in [-0.4, -0.2) is 20.7 Å². The molecule has 0 saturated carbocycles. The Morgan fingerprint density at radius 1 is 1.11 bits per heavy atom. The van der Waals surface area contributed by atoms with E-state index in [1.165, 1.54) is 10.3 Å². The number of thiazole rings is 1. The van der Waals surface area contributed by atoms with Gasteiger partial charge < -0.3 is 5.32 Å². The number of aryl methyl sites for hydroxylation is 3. The van der Waals surface area contributed by atoms with Crippen molar-refractivity contribution in [2.24, 2.45) is 0 Å². The van der Waals surface area contributed by atoms with E-state index in [0.717, 1.165) is 34.0 Å². The van der Waals surface area contributed by atoms with E-state index in [1.54, 1.807) is 17.4 Å². The molecule has 0 saturated heterocycles. The molecule has 1 N–H and O–H groups in total. The monoisotopic (exact) mass is 376 g/mol. The summed E-state index contributed by atoms with van der Waals surface area (Å²) in [5, 5.41) is 8.20. The number of aromatic nitrogens is 3. The van der Waals surface area contributed by atoms with Crippen molar-refractivity contribution in [2.75, 3.05) is 5.32 Å². The molecule has 0 unspecified atom stereocenters. The van der Waals surface area contributed by atoms with Crippen LogP contribution in [0.3, 0.4) is 0 Å². The van der Waals surface area contributed by atoms with Crippen molar-refractivity contribution in [3.8, 4) is 10.6 Å². The van der Waals surface area contributed by atoms with Crippen LogP contribution in [0, 0.1) is 13.8 Å². The zero-order valence-electron chi connectivity index (χ0n) is 15.5. The van der Waals surface area contributed by atoms with E-state index >= 15 is 0 Å². The van der Waals surface area contributed by atoms with Gasteiger partial charge in [0.1, 0.15) is 5.01 Å². The molecule has 6 heteroatoms. The highest BCUT2D eigenvalue weighted by Crippen LogP contribution is 2.31.